The van der Waals surface area contributed by atoms with Crippen molar-refractivity contribution in [3.8, 4) is 6.07 Å². The zero-order chi connectivity index (χ0) is 7.90. The van der Waals surface area contributed by atoms with Crippen LogP contribution in [0.5, 0.6) is 0 Å². The predicted molar refractivity (Wildman–Crippen MR) is 52.4 cm³/mol. The molecule has 2 saturated carbocycles. The second-order valence-corrected chi connectivity index (χ2v) is 4.70. The van der Waals surface area contributed by atoms with E-state index in [-0.39, 0.29) is 0 Å². The minimum Gasteiger partial charge on any atom is -0.198 e. The van der Waals surface area contributed by atoms with Crippen LogP contribution >= 0.6 is 22.6 Å². The molecule has 2 aliphatic rings. The summed E-state index contributed by atoms with van der Waals surface area (Å²) in [5, 5.41) is 8.99. The Labute approximate surface area is 81.3 Å². The normalized spacial score (nSPS) is 47.6. The zero-order valence-electron chi connectivity index (χ0n) is 6.52. The van der Waals surface area contributed by atoms with E-state index in [1.807, 2.05) is 0 Å². The highest BCUT2D eigenvalue weighted by atomic mass is 127. The number of rotatable bonds is 1. The highest BCUT2D eigenvalue weighted by Crippen LogP contribution is 2.58. The van der Waals surface area contributed by atoms with Crippen LogP contribution in [0.2, 0.25) is 0 Å². The summed E-state index contributed by atoms with van der Waals surface area (Å²) in [5.41, 5.74) is 0.444. The van der Waals surface area contributed by atoms with Gasteiger partial charge in [-0.15, -0.1) is 0 Å². The molecule has 0 aromatic carbocycles. The summed E-state index contributed by atoms with van der Waals surface area (Å²) in [5.74, 6) is 1.16. The van der Waals surface area contributed by atoms with Crippen molar-refractivity contribution in [3.63, 3.8) is 0 Å². The molecule has 60 valence electrons. The van der Waals surface area contributed by atoms with E-state index in [2.05, 4.69) is 28.7 Å². The lowest BCUT2D eigenvalue weighted by molar-refractivity contribution is 0.311. The summed E-state index contributed by atoms with van der Waals surface area (Å²) in [6.07, 6.45) is 5.28. The van der Waals surface area contributed by atoms with E-state index >= 15 is 0 Å². The highest BCUT2D eigenvalue weighted by molar-refractivity contribution is 14.1. The topological polar surface area (TPSA) is 23.8 Å². The van der Waals surface area contributed by atoms with Crippen molar-refractivity contribution in [1.29, 1.82) is 5.26 Å². The smallest absolute Gasteiger partial charge is 0.0664 e. The van der Waals surface area contributed by atoms with Gasteiger partial charge < -0.3 is 0 Å². The Hall–Kier alpha value is 0.220. The number of fused-ring (bicyclic) bond motifs is 2. The van der Waals surface area contributed by atoms with Gasteiger partial charge in [-0.25, -0.2) is 0 Å². The minimum absolute atomic E-state index is 0.402. The molecule has 2 aliphatic carbocycles. The van der Waals surface area contributed by atoms with Crippen molar-refractivity contribution in [2.75, 3.05) is 4.43 Å². The number of halogens is 1. The monoisotopic (exact) mass is 261 g/mol. The fourth-order valence-electron chi connectivity index (χ4n) is 2.82. The van der Waals surface area contributed by atoms with E-state index in [9.17, 15) is 0 Å². The molecule has 2 bridgehead atoms. The summed E-state index contributed by atoms with van der Waals surface area (Å²) < 4.78 is 1.19. The third-order valence-corrected chi connectivity index (χ3v) is 5.08. The molecule has 1 nitrogen and oxygen atoms in total. The van der Waals surface area contributed by atoms with Crippen LogP contribution in [0.3, 0.4) is 0 Å². The Morgan fingerprint density at radius 2 is 2.09 bits per heavy atom. The van der Waals surface area contributed by atoms with Crippen LogP contribution in [-0.2, 0) is 0 Å². The third kappa shape index (κ3) is 0.932. The predicted octanol–water partition coefficient (Wildman–Crippen LogP) is 2.75. The Kier molecular flexibility index (Phi) is 1.87. The van der Waals surface area contributed by atoms with Gasteiger partial charge in [0, 0.05) is 4.43 Å². The maximum atomic E-state index is 8.99. The molecule has 0 heterocycles. The number of nitrogens with zero attached hydrogens (tertiary/aromatic N) is 1. The fraction of sp³-hybridized carbons (Fsp3) is 0.889. The number of nitriles is 1. The molecule has 0 N–H and O–H groups in total. The van der Waals surface area contributed by atoms with Crippen molar-refractivity contribution in [3.05, 3.63) is 0 Å². The second-order valence-electron chi connectivity index (χ2n) is 3.94. The van der Waals surface area contributed by atoms with Gasteiger partial charge in [-0.1, -0.05) is 22.6 Å². The molecule has 1 atom stereocenters. The Bertz CT molecular complexity index is 198. The molecule has 0 aliphatic heterocycles. The van der Waals surface area contributed by atoms with Crippen LogP contribution in [-0.4, -0.2) is 4.43 Å². The molecule has 0 aromatic rings. The molecule has 1 unspecified atom stereocenters. The molecule has 2 rings (SSSR count). The molecular weight excluding hydrogens is 249 g/mol. The third-order valence-electron chi connectivity index (χ3n) is 3.56. The van der Waals surface area contributed by atoms with Gasteiger partial charge >= 0.3 is 0 Å². The van der Waals surface area contributed by atoms with Gasteiger partial charge in [-0.2, -0.15) is 5.26 Å². The summed E-state index contributed by atoms with van der Waals surface area (Å²) in [7, 11) is 0. The maximum Gasteiger partial charge on any atom is 0.0664 e. The first-order valence-electron chi connectivity index (χ1n) is 4.28. The average Bonchev–Trinajstić information content (AvgIpc) is 2.58. The number of hydrogen-bond donors (Lipinski definition) is 0. The molecule has 0 radical (unpaired) electrons. The largest absolute Gasteiger partial charge is 0.198 e. The van der Waals surface area contributed by atoms with E-state index in [0.29, 0.717) is 11.3 Å². The summed E-state index contributed by atoms with van der Waals surface area (Å²) in [4.78, 5) is 0. The molecule has 0 aromatic heterocycles. The van der Waals surface area contributed by atoms with E-state index in [1.54, 1.807) is 0 Å². The molecule has 2 heteroatoms. The molecule has 0 saturated heterocycles. The van der Waals surface area contributed by atoms with E-state index < -0.39 is 0 Å². The standard InChI is InChI=1S/C9H12IN/c10-6-9-3-1-7(2-4-9)8(9)5-11/h7-8H,1-4,6H2. The van der Waals surface area contributed by atoms with Crippen molar-refractivity contribution < 1.29 is 0 Å². The van der Waals surface area contributed by atoms with Crippen molar-refractivity contribution in [2.45, 2.75) is 25.7 Å². The second kappa shape index (κ2) is 2.62. The first kappa shape index (κ1) is 7.85. The maximum absolute atomic E-state index is 8.99. The van der Waals surface area contributed by atoms with Gasteiger partial charge in [-0.05, 0) is 37.0 Å². The van der Waals surface area contributed by atoms with Crippen LogP contribution in [0.4, 0.5) is 0 Å². The van der Waals surface area contributed by atoms with Crippen LogP contribution in [0, 0.1) is 28.6 Å². The Morgan fingerprint density at radius 3 is 2.45 bits per heavy atom. The lowest BCUT2D eigenvalue weighted by Crippen LogP contribution is -2.22. The highest BCUT2D eigenvalue weighted by Gasteiger charge is 2.52. The van der Waals surface area contributed by atoms with Gasteiger partial charge in [0.15, 0.2) is 0 Å². The minimum atomic E-state index is 0.402. The SMILES string of the molecule is N#CC1C2CCC1(CI)CC2. The summed E-state index contributed by atoms with van der Waals surface area (Å²) in [6, 6.07) is 2.51. The van der Waals surface area contributed by atoms with Crippen molar-refractivity contribution >= 4 is 22.6 Å². The molecule has 0 amide bonds. The van der Waals surface area contributed by atoms with Gasteiger partial charge in [0.2, 0.25) is 0 Å². The van der Waals surface area contributed by atoms with Crippen LogP contribution in [0.1, 0.15) is 25.7 Å². The zero-order valence-corrected chi connectivity index (χ0v) is 8.67. The van der Waals surface area contributed by atoms with Crippen LogP contribution in [0.25, 0.3) is 0 Å². The molecular formula is C9H12IN. The molecule has 11 heavy (non-hydrogen) atoms. The summed E-state index contributed by atoms with van der Waals surface area (Å²) in [6.45, 7) is 0. The average molecular weight is 261 g/mol. The lowest BCUT2D eigenvalue weighted by atomic mass is 9.82. The first-order valence-corrected chi connectivity index (χ1v) is 5.80. The Balaban J connectivity index is 2.27. The van der Waals surface area contributed by atoms with Crippen molar-refractivity contribution in [1.82, 2.24) is 0 Å². The quantitative estimate of drug-likeness (QED) is 0.526. The lowest BCUT2D eigenvalue weighted by Gasteiger charge is -2.25. The van der Waals surface area contributed by atoms with Crippen LogP contribution in [0.15, 0.2) is 0 Å². The molecule has 0 spiro atoms. The van der Waals surface area contributed by atoms with Gasteiger partial charge in [0.25, 0.3) is 0 Å². The number of alkyl halides is 1. The first-order chi connectivity index (χ1) is 5.32. The van der Waals surface area contributed by atoms with E-state index in [0.717, 1.165) is 5.92 Å². The van der Waals surface area contributed by atoms with Gasteiger partial charge in [0.1, 0.15) is 0 Å². The van der Waals surface area contributed by atoms with Gasteiger partial charge in [0.05, 0.1) is 12.0 Å². The fourth-order valence-corrected chi connectivity index (χ4v) is 4.06. The molecule has 2 fully saturated rings. The van der Waals surface area contributed by atoms with Gasteiger partial charge in [-0.3, -0.25) is 0 Å². The summed E-state index contributed by atoms with van der Waals surface area (Å²) >= 11 is 2.46. The van der Waals surface area contributed by atoms with E-state index in [4.69, 9.17) is 5.26 Å². The number of hydrogen-bond acceptors (Lipinski definition) is 1. The Morgan fingerprint density at radius 1 is 1.45 bits per heavy atom. The van der Waals surface area contributed by atoms with Crippen LogP contribution < -0.4 is 0 Å². The van der Waals surface area contributed by atoms with E-state index in [1.165, 1.54) is 30.1 Å². The van der Waals surface area contributed by atoms with Crippen molar-refractivity contribution in [2.24, 2.45) is 17.3 Å².